The van der Waals surface area contributed by atoms with Crippen molar-refractivity contribution in [1.82, 2.24) is 10.2 Å². The van der Waals surface area contributed by atoms with Crippen LogP contribution in [0.1, 0.15) is 24.1 Å². The summed E-state index contributed by atoms with van der Waals surface area (Å²) in [6.45, 7) is 8.56. The first-order valence-corrected chi connectivity index (χ1v) is 11.1. The highest BCUT2D eigenvalue weighted by atomic mass is 32.2. The molecule has 1 heterocycles. The summed E-state index contributed by atoms with van der Waals surface area (Å²) < 4.78 is 11.0. The zero-order valence-corrected chi connectivity index (χ0v) is 18.0. The fourth-order valence-corrected chi connectivity index (χ4v) is 4.07. The van der Waals surface area contributed by atoms with Crippen LogP contribution < -0.4 is 10.1 Å². The summed E-state index contributed by atoms with van der Waals surface area (Å²) in [7, 11) is 0. The maximum atomic E-state index is 12.5. The van der Waals surface area contributed by atoms with E-state index in [4.69, 9.17) is 9.47 Å². The van der Waals surface area contributed by atoms with Crippen molar-refractivity contribution in [3.05, 3.63) is 59.7 Å². The van der Waals surface area contributed by atoms with Gasteiger partial charge in [-0.25, -0.2) is 0 Å². The van der Waals surface area contributed by atoms with E-state index in [1.54, 1.807) is 0 Å². The Hall–Kier alpha value is -2.02. The molecule has 1 aliphatic rings. The van der Waals surface area contributed by atoms with E-state index in [1.807, 2.05) is 31.2 Å². The van der Waals surface area contributed by atoms with Crippen LogP contribution in [0.25, 0.3) is 0 Å². The van der Waals surface area contributed by atoms with E-state index < -0.39 is 0 Å². The van der Waals surface area contributed by atoms with Crippen LogP contribution in [-0.4, -0.2) is 56.0 Å². The number of nitrogens with one attached hydrogen (secondary N) is 1. The number of nitrogens with zero attached hydrogens (tertiary/aromatic N) is 1. The van der Waals surface area contributed by atoms with Crippen LogP contribution in [0.3, 0.4) is 0 Å². The summed E-state index contributed by atoms with van der Waals surface area (Å²) in [5, 5.41) is 3.13. The molecule has 0 bridgehead atoms. The third-order valence-electron chi connectivity index (χ3n) is 4.95. The quantitative estimate of drug-likeness (QED) is 0.635. The molecule has 2 aromatic carbocycles. The molecule has 0 aliphatic carbocycles. The lowest BCUT2D eigenvalue weighted by molar-refractivity contribution is -0.118. The SMILES string of the molecule is CCOc1ccc(SCC(=O)NCC(c2ccc(C)cc2)N2CCOCC2)cc1. The number of aryl methyl sites for hydroxylation is 1. The van der Waals surface area contributed by atoms with E-state index in [0.29, 0.717) is 18.9 Å². The van der Waals surface area contributed by atoms with Crippen molar-refractivity contribution in [1.29, 1.82) is 0 Å². The molecule has 5 nitrogen and oxygen atoms in total. The van der Waals surface area contributed by atoms with Crippen LogP contribution in [0.5, 0.6) is 5.75 Å². The second kappa shape index (κ2) is 11.2. The molecule has 2 aromatic rings. The van der Waals surface area contributed by atoms with E-state index in [-0.39, 0.29) is 11.9 Å². The Bertz CT molecular complexity index is 759. The molecule has 1 N–H and O–H groups in total. The lowest BCUT2D eigenvalue weighted by Crippen LogP contribution is -2.44. The Balaban J connectivity index is 1.53. The first kappa shape index (κ1) is 21.7. The average Bonchev–Trinajstić information content (AvgIpc) is 2.75. The molecule has 1 unspecified atom stereocenters. The van der Waals surface area contributed by atoms with Gasteiger partial charge in [-0.1, -0.05) is 29.8 Å². The van der Waals surface area contributed by atoms with E-state index in [1.165, 1.54) is 22.9 Å². The predicted molar refractivity (Wildman–Crippen MR) is 118 cm³/mol. The fraction of sp³-hybridized carbons (Fsp3) is 0.435. The summed E-state index contributed by atoms with van der Waals surface area (Å²) in [6.07, 6.45) is 0. The first-order valence-electron chi connectivity index (χ1n) is 10.2. The Morgan fingerprint density at radius 2 is 1.83 bits per heavy atom. The van der Waals surface area contributed by atoms with Gasteiger partial charge >= 0.3 is 0 Å². The number of amides is 1. The zero-order valence-electron chi connectivity index (χ0n) is 17.2. The largest absolute Gasteiger partial charge is 0.494 e. The van der Waals surface area contributed by atoms with Crippen LogP contribution in [0.2, 0.25) is 0 Å². The van der Waals surface area contributed by atoms with Crippen LogP contribution >= 0.6 is 11.8 Å². The highest BCUT2D eigenvalue weighted by Crippen LogP contribution is 2.23. The monoisotopic (exact) mass is 414 g/mol. The van der Waals surface area contributed by atoms with Crippen LogP contribution in [0, 0.1) is 6.92 Å². The molecule has 1 aliphatic heterocycles. The maximum Gasteiger partial charge on any atom is 0.230 e. The van der Waals surface area contributed by atoms with E-state index in [0.717, 1.165) is 36.9 Å². The van der Waals surface area contributed by atoms with Gasteiger partial charge in [0.05, 0.1) is 31.6 Å². The second-order valence-electron chi connectivity index (χ2n) is 7.07. The van der Waals surface area contributed by atoms with Crippen LogP contribution in [0.15, 0.2) is 53.4 Å². The molecule has 1 amide bonds. The fourth-order valence-electron chi connectivity index (χ4n) is 3.34. The zero-order chi connectivity index (χ0) is 20.5. The number of hydrogen-bond acceptors (Lipinski definition) is 5. The Kier molecular flexibility index (Phi) is 8.40. The normalized spacial score (nSPS) is 15.7. The first-order chi connectivity index (χ1) is 14.2. The lowest BCUT2D eigenvalue weighted by Gasteiger charge is -2.35. The summed E-state index contributed by atoms with van der Waals surface area (Å²) in [6, 6.07) is 16.6. The van der Waals surface area contributed by atoms with Gasteiger partial charge in [0, 0.05) is 24.5 Å². The second-order valence-corrected chi connectivity index (χ2v) is 8.12. The molecule has 0 spiro atoms. The molecule has 1 fully saturated rings. The summed E-state index contributed by atoms with van der Waals surface area (Å²) in [4.78, 5) is 15.9. The van der Waals surface area contributed by atoms with Crippen molar-refractivity contribution in [2.45, 2.75) is 24.8 Å². The van der Waals surface area contributed by atoms with E-state index >= 15 is 0 Å². The number of ether oxygens (including phenoxy) is 2. The molecule has 0 radical (unpaired) electrons. The number of hydrogen-bond donors (Lipinski definition) is 1. The highest BCUT2D eigenvalue weighted by Gasteiger charge is 2.23. The minimum Gasteiger partial charge on any atom is -0.494 e. The highest BCUT2D eigenvalue weighted by molar-refractivity contribution is 8.00. The summed E-state index contributed by atoms with van der Waals surface area (Å²) >= 11 is 1.54. The molecule has 156 valence electrons. The van der Waals surface area contributed by atoms with Crippen molar-refractivity contribution < 1.29 is 14.3 Å². The Morgan fingerprint density at radius 3 is 2.48 bits per heavy atom. The molecule has 6 heteroatoms. The molecule has 3 rings (SSSR count). The average molecular weight is 415 g/mol. The van der Waals surface area contributed by atoms with Gasteiger partial charge in [-0.05, 0) is 43.7 Å². The number of benzene rings is 2. The Morgan fingerprint density at radius 1 is 1.14 bits per heavy atom. The number of carbonyl (C=O) groups is 1. The summed E-state index contributed by atoms with van der Waals surface area (Å²) in [5.41, 5.74) is 2.47. The van der Waals surface area contributed by atoms with E-state index in [2.05, 4.69) is 41.4 Å². The molecule has 0 aromatic heterocycles. The molecular weight excluding hydrogens is 384 g/mol. The summed E-state index contributed by atoms with van der Waals surface area (Å²) in [5.74, 6) is 1.31. The molecule has 1 atom stereocenters. The van der Waals surface area contributed by atoms with Gasteiger partial charge < -0.3 is 14.8 Å². The standard InChI is InChI=1S/C23H30N2O3S/c1-3-28-20-8-10-21(11-9-20)29-17-23(26)24-16-22(25-12-14-27-15-13-25)19-6-4-18(2)5-7-19/h4-11,22H,3,12-17H2,1-2H3,(H,24,26). The molecular formula is C23H30N2O3S. The molecule has 29 heavy (non-hydrogen) atoms. The predicted octanol–water partition coefficient (Wildman–Crippen LogP) is 3.68. The van der Waals surface area contributed by atoms with Crippen molar-refractivity contribution in [2.75, 3.05) is 45.2 Å². The lowest BCUT2D eigenvalue weighted by atomic mass is 10.0. The molecule has 0 saturated carbocycles. The van der Waals surface area contributed by atoms with Gasteiger partial charge in [0.15, 0.2) is 0 Å². The van der Waals surface area contributed by atoms with Crippen LogP contribution in [0.4, 0.5) is 0 Å². The molecule has 1 saturated heterocycles. The Labute approximate surface area is 177 Å². The van der Waals surface area contributed by atoms with Crippen LogP contribution in [-0.2, 0) is 9.53 Å². The minimum atomic E-state index is 0.0502. The smallest absolute Gasteiger partial charge is 0.230 e. The van der Waals surface area contributed by atoms with Crippen molar-refractivity contribution in [2.24, 2.45) is 0 Å². The van der Waals surface area contributed by atoms with Crippen molar-refractivity contribution >= 4 is 17.7 Å². The van der Waals surface area contributed by atoms with Gasteiger partial charge in [-0.3, -0.25) is 9.69 Å². The number of rotatable bonds is 9. The minimum absolute atomic E-state index is 0.0502. The maximum absolute atomic E-state index is 12.5. The number of carbonyl (C=O) groups excluding carboxylic acids is 1. The topological polar surface area (TPSA) is 50.8 Å². The van der Waals surface area contributed by atoms with Gasteiger partial charge in [0.1, 0.15) is 5.75 Å². The number of morpholine rings is 1. The number of thioether (sulfide) groups is 1. The van der Waals surface area contributed by atoms with Gasteiger partial charge in [-0.2, -0.15) is 0 Å². The third kappa shape index (κ3) is 6.77. The van der Waals surface area contributed by atoms with Gasteiger partial charge in [-0.15, -0.1) is 11.8 Å². The van der Waals surface area contributed by atoms with Crippen molar-refractivity contribution in [3.8, 4) is 5.75 Å². The van der Waals surface area contributed by atoms with Gasteiger partial charge in [0.2, 0.25) is 5.91 Å². The van der Waals surface area contributed by atoms with E-state index in [9.17, 15) is 4.79 Å². The van der Waals surface area contributed by atoms with Crippen molar-refractivity contribution in [3.63, 3.8) is 0 Å². The van der Waals surface area contributed by atoms with Gasteiger partial charge in [0.25, 0.3) is 0 Å². The third-order valence-corrected chi connectivity index (χ3v) is 5.96.